The molecule has 3 fully saturated rings. The highest BCUT2D eigenvalue weighted by atomic mass is 79.9. The molecule has 6 atom stereocenters. The molecule has 2 amide bonds. The zero-order chi connectivity index (χ0) is 28.5. The van der Waals surface area contributed by atoms with Gasteiger partial charge in [-0.25, -0.2) is 0 Å². The molecule has 3 aliphatic heterocycles. The number of nitrogens with zero attached hydrogens (tertiary/aromatic N) is 2. The van der Waals surface area contributed by atoms with Gasteiger partial charge in [0.1, 0.15) is 11.6 Å². The number of allylic oxidation sites excluding steroid dienone is 1. The number of esters is 1. The standard InChI is InChI=1S/C29H45BrN2O6/c1-8-10-11-12-16-37-26(36)20-21-24(34)31(14-15-33)23(29(21)17-19(30)22(20)38-29)25(35)32(13-9-2)28(6,7)18-27(3,4)5/h8-9,19-23,33H,1-2,10-18H2,3-7H3/t19?,20-,21+,22-,23?,29?/m1/s1. The molecule has 3 rings (SSSR count). The van der Waals surface area contributed by atoms with Crippen LogP contribution in [0.25, 0.3) is 0 Å². The number of likely N-dealkylation sites (tertiary alicyclic amines) is 1. The maximum atomic E-state index is 14.5. The Morgan fingerprint density at radius 2 is 1.92 bits per heavy atom. The molecular weight excluding hydrogens is 552 g/mol. The molecule has 0 aromatic carbocycles. The van der Waals surface area contributed by atoms with Crippen LogP contribution in [0, 0.1) is 17.3 Å². The van der Waals surface area contributed by atoms with E-state index in [2.05, 4.69) is 49.9 Å². The minimum Gasteiger partial charge on any atom is -0.465 e. The normalized spacial score (nSPS) is 30.3. The van der Waals surface area contributed by atoms with Gasteiger partial charge in [0.25, 0.3) is 0 Å². The fourth-order valence-electron chi connectivity index (χ4n) is 6.99. The van der Waals surface area contributed by atoms with Crippen molar-refractivity contribution in [2.45, 2.75) is 94.8 Å². The highest BCUT2D eigenvalue weighted by Gasteiger charge is 2.77. The predicted molar refractivity (Wildman–Crippen MR) is 150 cm³/mol. The van der Waals surface area contributed by atoms with Gasteiger partial charge in [-0.05, 0) is 51.4 Å². The van der Waals surface area contributed by atoms with Gasteiger partial charge in [-0.2, -0.15) is 0 Å². The van der Waals surface area contributed by atoms with Crippen LogP contribution in [0.1, 0.15) is 66.7 Å². The van der Waals surface area contributed by atoms with Gasteiger partial charge >= 0.3 is 5.97 Å². The molecule has 9 heteroatoms. The van der Waals surface area contributed by atoms with Crippen molar-refractivity contribution in [2.75, 3.05) is 26.3 Å². The van der Waals surface area contributed by atoms with Crippen LogP contribution < -0.4 is 0 Å². The van der Waals surface area contributed by atoms with E-state index < -0.39 is 41.1 Å². The lowest BCUT2D eigenvalue weighted by atomic mass is 9.70. The van der Waals surface area contributed by atoms with Crippen molar-refractivity contribution in [3.8, 4) is 0 Å². The Labute approximate surface area is 235 Å². The molecule has 0 aliphatic carbocycles. The second-order valence-electron chi connectivity index (χ2n) is 12.7. The molecule has 3 heterocycles. The van der Waals surface area contributed by atoms with E-state index in [1.54, 1.807) is 11.0 Å². The number of ether oxygens (including phenoxy) is 2. The first kappa shape index (κ1) is 30.8. The Balaban J connectivity index is 1.97. The zero-order valence-corrected chi connectivity index (χ0v) is 25.2. The summed E-state index contributed by atoms with van der Waals surface area (Å²) >= 11 is 3.68. The largest absolute Gasteiger partial charge is 0.465 e. The van der Waals surface area contributed by atoms with Crippen molar-refractivity contribution in [2.24, 2.45) is 17.3 Å². The number of amides is 2. The molecule has 214 valence electrons. The quantitative estimate of drug-likeness (QED) is 0.150. The molecule has 2 bridgehead atoms. The molecule has 0 aromatic heterocycles. The third-order valence-electron chi connectivity index (χ3n) is 7.95. The first-order chi connectivity index (χ1) is 17.8. The molecule has 8 nitrogen and oxygen atoms in total. The molecule has 3 unspecified atom stereocenters. The van der Waals surface area contributed by atoms with Crippen LogP contribution in [0.3, 0.4) is 0 Å². The summed E-state index contributed by atoms with van der Waals surface area (Å²) in [6.45, 7) is 18.3. The van der Waals surface area contributed by atoms with Crippen molar-refractivity contribution in [3.63, 3.8) is 0 Å². The van der Waals surface area contributed by atoms with Crippen LogP contribution in [0.4, 0.5) is 0 Å². The summed E-state index contributed by atoms with van der Waals surface area (Å²) in [5, 5.41) is 9.86. The van der Waals surface area contributed by atoms with E-state index in [0.29, 0.717) is 19.4 Å². The number of β-amino-alcohol motifs (C(OH)–C–C–N with tert-alkyl or cyclic N) is 1. The van der Waals surface area contributed by atoms with E-state index in [4.69, 9.17) is 9.47 Å². The molecule has 1 spiro atoms. The molecular formula is C29H45BrN2O6. The minimum atomic E-state index is -1.17. The third kappa shape index (κ3) is 5.75. The Kier molecular flexibility index (Phi) is 9.58. The van der Waals surface area contributed by atoms with Crippen LogP contribution in [0.2, 0.25) is 0 Å². The van der Waals surface area contributed by atoms with Crippen molar-refractivity contribution in [1.29, 1.82) is 0 Å². The summed E-state index contributed by atoms with van der Waals surface area (Å²) in [5.41, 5.74) is -1.77. The second-order valence-corrected chi connectivity index (χ2v) is 13.8. The third-order valence-corrected chi connectivity index (χ3v) is 8.80. The van der Waals surface area contributed by atoms with Gasteiger partial charge < -0.3 is 24.4 Å². The Bertz CT molecular complexity index is 931. The Hall–Kier alpha value is -1.71. The number of halogens is 1. The number of aliphatic hydroxyl groups is 1. The highest BCUT2D eigenvalue weighted by molar-refractivity contribution is 9.09. The van der Waals surface area contributed by atoms with E-state index in [1.165, 1.54) is 4.90 Å². The van der Waals surface area contributed by atoms with Gasteiger partial charge in [-0.15, -0.1) is 13.2 Å². The fraction of sp³-hybridized carbons (Fsp3) is 0.759. The van der Waals surface area contributed by atoms with Gasteiger partial charge in [0.2, 0.25) is 11.8 Å². The van der Waals surface area contributed by atoms with Gasteiger partial charge in [0.05, 0.1) is 31.2 Å². The minimum absolute atomic E-state index is 0.0145. The lowest BCUT2D eigenvalue weighted by molar-refractivity contribution is -0.156. The summed E-state index contributed by atoms with van der Waals surface area (Å²) in [7, 11) is 0. The number of unbranched alkanes of at least 4 members (excludes halogenated alkanes) is 2. The number of aliphatic hydroxyl groups excluding tert-OH is 1. The predicted octanol–water partition coefficient (Wildman–Crippen LogP) is 3.86. The SMILES string of the molecule is C=CCCCCOC(=O)[C@H]1[C@@H]2OC3(CC2Br)C(C(=O)N(CC=C)C(C)(C)CC(C)(C)C)N(CCO)C(=O)[C@H]13. The fourth-order valence-corrected chi connectivity index (χ4v) is 7.93. The summed E-state index contributed by atoms with van der Waals surface area (Å²) in [6.07, 6.45) is 6.50. The average Bonchev–Trinajstić information content (AvgIpc) is 3.39. The molecule has 38 heavy (non-hydrogen) atoms. The molecule has 3 aliphatic rings. The van der Waals surface area contributed by atoms with Crippen molar-refractivity contribution in [1.82, 2.24) is 9.80 Å². The Morgan fingerprint density at radius 3 is 2.50 bits per heavy atom. The molecule has 1 N–H and O–H groups in total. The number of carbonyl (C=O) groups is 3. The van der Waals surface area contributed by atoms with Crippen molar-refractivity contribution in [3.05, 3.63) is 25.3 Å². The second kappa shape index (κ2) is 11.8. The van der Waals surface area contributed by atoms with Crippen LogP contribution in [-0.4, -0.2) is 87.1 Å². The van der Waals surface area contributed by atoms with E-state index in [-0.39, 0.29) is 41.8 Å². The maximum Gasteiger partial charge on any atom is 0.312 e. The first-order valence-corrected chi connectivity index (χ1v) is 14.6. The number of fused-ring (bicyclic) bond motifs is 1. The summed E-state index contributed by atoms with van der Waals surface area (Å²) in [4.78, 5) is 44.7. The average molecular weight is 598 g/mol. The number of alkyl halides is 1. The number of hydrogen-bond donors (Lipinski definition) is 1. The Morgan fingerprint density at radius 1 is 1.24 bits per heavy atom. The van der Waals surface area contributed by atoms with E-state index in [1.807, 2.05) is 19.9 Å². The molecule has 0 saturated carbocycles. The van der Waals surface area contributed by atoms with Crippen molar-refractivity contribution >= 4 is 33.7 Å². The number of rotatable bonds is 13. The van der Waals surface area contributed by atoms with E-state index in [0.717, 1.165) is 19.3 Å². The first-order valence-electron chi connectivity index (χ1n) is 13.7. The molecule has 3 saturated heterocycles. The van der Waals surface area contributed by atoms with Crippen LogP contribution in [-0.2, 0) is 23.9 Å². The maximum absolute atomic E-state index is 14.5. The van der Waals surface area contributed by atoms with E-state index >= 15 is 0 Å². The van der Waals surface area contributed by atoms with Crippen molar-refractivity contribution < 1.29 is 29.0 Å². The van der Waals surface area contributed by atoms with Crippen LogP contribution >= 0.6 is 15.9 Å². The lowest BCUT2D eigenvalue weighted by Gasteiger charge is -2.45. The summed E-state index contributed by atoms with van der Waals surface area (Å²) in [6, 6.07) is -0.957. The zero-order valence-electron chi connectivity index (χ0n) is 23.6. The highest BCUT2D eigenvalue weighted by Crippen LogP contribution is 2.60. The van der Waals surface area contributed by atoms with E-state index in [9.17, 15) is 19.5 Å². The smallest absolute Gasteiger partial charge is 0.312 e. The summed E-state index contributed by atoms with van der Waals surface area (Å²) < 4.78 is 12.1. The number of hydrogen-bond acceptors (Lipinski definition) is 6. The van der Waals surface area contributed by atoms with Gasteiger partial charge in [0, 0.05) is 23.5 Å². The molecule has 0 radical (unpaired) electrons. The lowest BCUT2D eigenvalue weighted by Crippen LogP contribution is -2.61. The van der Waals surface area contributed by atoms with Gasteiger partial charge in [0.15, 0.2) is 0 Å². The van der Waals surface area contributed by atoms with Crippen LogP contribution in [0.15, 0.2) is 25.3 Å². The monoisotopic (exact) mass is 596 g/mol. The van der Waals surface area contributed by atoms with Gasteiger partial charge in [-0.3, -0.25) is 14.4 Å². The summed E-state index contributed by atoms with van der Waals surface area (Å²) in [5.74, 6) is -2.69. The van der Waals surface area contributed by atoms with Crippen LogP contribution in [0.5, 0.6) is 0 Å². The molecule has 0 aromatic rings. The topological polar surface area (TPSA) is 96.4 Å². The number of carbonyl (C=O) groups excluding carboxylic acids is 3. The van der Waals surface area contributed by atoms with Gasteiger partial charge in [-0.1, -0.05) is 48.9 Å².